The lowest BCUT2D eigenvalue weighted by atomic mass is 10.2. The van der Waals surface area contributed by atoms with Gasteiger partial charge >= 0.3 is 0 Å². The minimum atomic E-state index is 0.0621. The van der Waals surface area contributed by atoms with Crippen molar-refractivity contribution in [3.8, 4) is 0 Å². The Morgan fingerprint density at radius 2 is 2.06 bits per heavy atom. The molecule has 0 fully saturated rings. The summed E-state index contributed by atoms with van der Waals surface area (Å²) < 4.78 is 1.79. The lowest BCUT2D eigenvalue weighted by molar-refractivity contribution is 0.581. The number of halogens is 1. The van der Waals surface area contributed by atoms with Gasteiger partial charge in [-0.15, -0.1) is 11.6 Å². The maximum Gasteiger partial charge on any atom is 0.261 e. The van der Waals surface area contributed by atoms with Gasteiger partial charge in [0.15, 0.2) is 0 Å². The monoisotopic (exact) mass is 264 g/mol. The molecule has 0 atom stereocenters. The second-order valence-electron chi connectivity index (χ2n) is 4.25. The third kappa shape index (κ3) is 2.56. The van der Waals surface area contributed by atoms with Crippen LogP contribution in [0.3, 0.4) is 0 Å². The smallest absolute Gasteiger partial charge is 0.261 e. The van der Waals surface area contributed by atoms with Crippen molar-refractivity contribution in [2.45, 2.75) is 32.7 Å². The Balaban J connectivity index is 2.49. The van der Waals surface area contributed by atoms with Crippen LogP contribution >= 0.6 is 11.6 Å². The molecule has 1 aromatic heterocycles. The molecule has 0 aliphatic carbocycles. The molecule has 4 heteroatoms. The van der Waals surface area contributed by atoms with E-state index in [1.54, 1.807) is 4.57 Å². The van der Waals surface area contributed by atoms with Crippen LogP contribution in [-0.4, -0.2) is 15.4 Å². The summed E-state index contributed by atoms with van der Waals surface area (Å²) >= 11 is 5.67. The van der Waals surface area contributed by atoms with E-state index in [0.717, 1.165) is 30.6 Å². The van der Waals surface area contributed by atoms with Gasteiger partial charge in [0.05, 0.1) is 10.9 Å². The van der Waals surface area contributed by atoms with E-state index >= 15 is 0 Å². The fourth-order valence-electron chi connectivity index (χ4n) is 2.08. The van der Waals surface area contributed by atoms with Crippen molar-refractivity contribution in [3.05, 3.63) is 40.4 Å². The van der Waals surface area contributed by atoms with Gasteiger partial charge in [0.1, 0.15) is 5.82 Å². The van der Waals surface area contributed by atoms with Gasteiger partial charge in [0, 0.05) is 18.8 Å². The first-order valence-electron chi connectivity index (χ1n) is 6.32. The van der Waals surface area contributed by atoms with Crippen LogP contribution in [0.4, 0.5) is 0 Å². The highest BCUT2D eigenvalue weighted by Crippen LogP contribution is 2.09. The number of unbranched alkanes of at least 4 members (excludes halogenated alkanes) is 1. The Morgan fingerprint density at radius 3 is 2.78 bits per heavy atom. The lowest BCUT2D eigenvalue weighted by Crippen LogP contribution is -2.25. The molecule has 18 heavy (non-hydrogen) atoms. The minimum Gasteiger partial charge on any atom is -0.296 e. The van der Waals surface area contributed by atoms with Gasteiger partial charge in [-0.3, -0.25) is 9.36 Å². The quantitative estimate of drug-likeness (QED) is 0.615. The van der Waals surface area contributed by atoms with Gasteiger partial charge in [-0.05, 0) is 25.0 Å². The van der Waals surface area contributed by atoms with Gasteiger partial charge in [0.25, 0.3) is 5.56 Å². The van der Waals surface area contributed by atoms with E-state index in [0.29, 0.717) is 17.8 Å². The summed E-state index contributed by atoms with van der Waals surface area (Å²) in [5, 5.41) is 0.695. The molecule has 96 valence electrons. The van der Waals surface area contributed by atoms with Crippen LogP contribution < -0.4 is 5.56 Å². The van der Waals surface area contributed by atoms with E-state index in [-0.39, 0.29) is 5.56 Å². The van der Waals surface area contributed by atoms with Crippen molar-refractivity contribution in [3.63, 3.8) is 0 Å². The summed E-state index contributed by atoms with van der Waals surface area (Å²) in [7, 11) is 0. The zero-order valence-electron chi connectivity index (χ0n) is 10.5. The number of para-hydroxylation sites is 1. The average molecular weight is 265 g/mol. The van der Waals surface area contributed by atoms with Crippen molar-refractivity contribution in [2.24, 2.45) is 0 Å². The topological polar surface area (TPSA) is 34.9 Å². The molecule has 0 bridgehead atoms. The third-order valence-corrected chi connectivity index (χ3v) is 3.29. The predicted molar refractivity (Wildman–Crippen MR) is 75.3 cm³/mol. The first-order valence-corrected chi connectivity index (χ1v) is 6.85. The van der Waals surface area contributed by atoms with E-state index in [1.807, 2.05) is 31.2 Å². The number of aromatic nitrogens is 2. The SMILES string of the molecule is CCc1nc2ccccc2c(=O)n1CCCCCl. The second kappa shape index (κ2) is 6.01. The van der Waals surface area contributed by atoms with Crippen LogP contribution in [0.15, 0.2) is 29.1 Å². The highest BCUT2D eigenvalue weighted by Gasteiger charge is 2.08. The van der Waals surface area contributed by atoms with E-state index in [2.05, 4.69) is 4.98 Å². The second-order valence-corrected chi connectivity index (χ2v) is 4.63. The molecule has 1 aromatic carbocycles. The molecule has 0 amide bonds. The molecule has 0 radical (unpaired) electrons. The Labute approximate surface area is 111 Å². The molecular weight excluding hydrogens is 248 g/mol. The molecule has 1 heterocycles. The van der Waals surface area contributed by atoms with Gasteiger partial charge in [-0.25, -0.2) is 4.98 Å². The molecule has 0 saturated heterocycles. The molecule has 0 unspecified atom stereocenters. The van der Waals surface area contributed by atoms with Crippen molar-refractivity contribution >= 4 is 22.5 Å². The molecule has 0 aliphatic heterocycles. The summed E-state index contributed by atoms with van der Waals surface area (Å²) in [4.78, 5) is 17.0. The number of hydrogen-bond acceptors (Lipinski definition) is 2. The zero-order chi connectivity index (χ0) is 13.0. The Kier molecular flexibility index (Phi) is 4.37. The number of alkyl halides is 1. The standard InChI is InChI=1S/C14H17ClN2O/c1-2-13-16-12-8-4-3-7-11(12)14(18)17(13)10-6-5-9-15/h3-4,7-8H,2,5-6,9-10H2,1H3. The van der Waals surface area contributed by atoms with Crippen molar-refractivity contribution in [1.82, 2.24) is 9.55 Å². The van der Waals surface area contributed by atoms with Crippen LogP contribution in [0, 0.1) is 0 Å². The van der Waals surface area contributed by atoms with Crippen LogP contribution in [-0.2, 0) is 13.0 Å². The highest BCUT2D eigenvalue weighted by atomic mass is 35.5. The zero-order valence-corrected chi connectivity index (χ0v) is 11.3. The van der Waals surface area contributed by atoms with Crippen molar-refractivity contribution in [2.75, 3.05) is 5.88 Å². The highest BCUT2D eigenvalue weighted by molar-refractivity contribution is 6.17. The molecule has 2 rings (SSSR count). The minimum absolute atomic E-state index is 0.0621. The number of nitrogens with zero attached hydrogens (tertiary/aromatic N) is 2. The van der Waals surface area contributed by atoms with Crippen LogP contribution in [0.25, 0.3) is 10.9 Å². The molecule has 3 nitrogen and oxygen atoms in total. The maximum absolute atomic E-state index is 12.4. The molecule has 0 spiro atoms. The summed E-state index contributed by atoms with van der Waals surface area (Å²) in [6.07, 6.45) is 2.60. The lowest BCUT2D eigenvalue weighted by Gasteiger charge is -2.11. The normalized spacial score (nSPS) is 11.0. The molecular formula is C14H17ClN2O. The number of aryl methyl sites for hydroxylation is 1. The van der Waals surface area contributed by atoms with Gasteiger partial charge in [-0.2, -0.15) is 0 Å². The molecule has 0 saturated carbocycles. The van der Waals surface area contributed by atoms with Gasteiger partial charge < -0.3 is 0 Å². The van der Waals surface area contributed by atoms with Crippen LogP contribution in [0.5, 0.6) is 0 Å². The largest absolute Gasteiger partial charge is 0.296 e. The fraction of sp³-hybridized carbons (Fsp3) is 0.429. The number of fused-ring (bicyclic) bond motifs is 1. The van der Waals surface area contributed by atoms with Gasteiger partial charge in [0.2, 0.25) is 0 Å². The summed E-state index contributed by atoms with van der Waals surface area (Å²) in [5.41, 5.74) is 0.847. The number of hydrogen-bond donors (Lipinski definition) is 0. The summed E-state index contributed by atoms with van der Waals surface area (Å²) in [5.74, 6) is 1.49. The maximum atomic E-state index is 12.4. The third-order valence-electron chi connectivity index (χ3n) is 3.02. The van der Waals surface area contributed by atoms with Crippen LogP contribution in [0.1, 0.15) is 25.6 Å². The Bertz CT molecular complexity index is 592. The van der Waals surface area contributed by atoms with E-state index in [9.17, 15) is 4.79 Å². The molecule has 0 N–H and O–H groups in total. The predicted octanol–water partition coefficient (Wildman–Crippen LogP) is 2.98. The van der Waals surface area contributed by atoms with E-state index in [1.165, 1.54) is 0 Å². The number of benzene rings is 1. The summed E-state index contributed by atoms with van der Waals surface area (Å²) in [6, 6.07) is 7.51. The van der Waals surface area contributed by atoms with Crippen LogP contribution in [0.2, 0.25) is 0 Å². The Hall–Kier alpha value is -1.35. The Morgan fingerprint density at radius 1 is 1.28 bits per heavy atom. The van der Waals surface area contributed by atoms with E-state index < -0.39 is 0 Å². The van der Waals surface area contributed by atoms with Crippen molar-refractivity contribution in [1.29, 1.82) is 0 Å². The van der Waals surface area contributed by atoms with Crippen molar-refractivity contribution < 1.29 is 0 Å². The first kappa shape index (κ1) is 13.1. The summed E-state index contributed by atoms with van der Waals surface area (Å²) in [6.45, 7) is 2.72. The van der Waals surface area contributed by atoms with E-state index in [4.69, 9.17) is 11.6 Å². The first-order chi connectivity index (χ1) is 8.77. The molecule has 0 aliphatic rings. The fourth-order valence-corrected chi connectivity index (χ4v) is 2.27. The average Bonchev–Trinajstić information content (AvgIpc) is 2.41. The number of rotatable bonds is 5. The van der Waals surface area contributed by atoms with Gasteiger partial charge in [-0.1, -0.05) is 19.1 Å². The molecule has 2 aromatic rings.